The summed E-state index contributed by atoms with van der Waals surface area (Å²) in [6, 6.07) is 0. The van der Waals surface area contributed by atoms with E-state index in [0.29, 0.717) is 5.57 Å². The molecule has 0 rings (SSSR count). The van der Waals surface area contributed by atoms with Crippen molar-refractivity contribution in [2.75, 3.05) is 0 Å². The minimum atomic E-state index is -0.340. The summed E-state index contributed by atoms with van der Waals surface area (Å²) in [5.41, 5.74) is 0.593. The smallest absolute Gasteiger partial charge is 0.338 e. The maximum absolute atomic E-state index is 10.6. The number of rotatable bonds is 2. The predicted octanol–water partition coefficient (Wildman–Crippen LogP) is 1.64. The number of carbonyl (C=O) groups excluding carboxylic acids is 1. The number of hydrogen-bond donors (Lipinski definition) is 0. The molecule has 2 nitrogen and oxygen atoms in total. The molecule has 0 radical (unpaired) electrons. The molecular formula is C7H10O2. The average molecular weight is 126 g/mol. The second-order valence-corrected chi connectivity index (χ2v) is 1.54. The van der Waals surface area contributed by atoms with Gasteiger partial charge in [0.25, 0.3) is 0 Å². The lowest BCUT2D eigenvalue weighted by molar-refractivity contribution is -0.133. The van der Waals surface area contributed by atoms with E-state index in [-0.39, 0.29) is 5.97 Å². The second-order valence-electron chi connectivity index (χ2n) is 1.54. The van der Waals surface area contributed by atoms with Crippen LogP contribution in [-0.4, -0.2) is 5.97 Å². The van der Waals surface area contributed by atoms with Crippen molar-refractivity contribution in [1.82, 2.24) is 0 Å². The molecule has 2 heteroatoms. The van der Waals surface area contributed by atoms with Crippen LogP contribution in [-0.2, 0) is 9.53 Å². The average Bonchev–Trinajstić information content (AvgIpc) is 1.87. The lowest BCUT2D eigenvalue weighted by Gasteiger charge is -1.94. The van der Waals surface area contributed by atoms with Gasteiger partial charge in [-0.25, -0.2) is 4.79 Å². The van der Waals surface area contributed by atoms with Crippen LogP contribution in [0.1, 0.15) is 13.8 Å². The van der Waals surface area contributed by atoms with Crippen LogP contribution in [0, 0.1) is 0 Å². The first-order valence-corrected chi connectivity index (χ1v) is 2.67. The largest absolute Gasteiger partial charge is 0.432 e. The Balaban J connectivity index is 3.88. The van der Waals surface area contributed by atoms with Crippen LogP contribution < -0.4 is 0 Å². The van der Waals surface area contributed by atoms with Gasteiger partial charge in [0, 0.05) is 5.57 Å². The van der Waals surface area contributed by atoms with Crippen LogP contribution >= 0.6 is 0 Å². The molecule has 9 heavy (non-hydrogen) atoms. The number of allylic oxidation sites excluding steroid dienone is 1. The first kappa shape index (κ1) is 7.95. The molecule has 0 unspecified atom stereocenters. The quantitative estimate of drug-likeness (QED) is 0.319. The molecule has 50 valence electrons. The van der Waals surface area contributed by atoms with Gasteiger partial charge in [0.1, 0.15) is 0 Å². The van der Waals surface area contributed by atoms with E-state index < -0.39 is 0 Å². The fraction of sp³-hybridized carbons (Fsp3) is 0.286. The highest BCUT2D eigenvalue weighted by Crippen LogP contribution is 1.94. The number of carbonyl (C=O) groups is 1. The maximum atomic E-state index is 10.6. The Labute approximate surface area is 54.8 Å². The molecule has 0 aromatic heterocycles. The van der Waals surface area contributed by atoms with Crippen molar-refractivity contribution in [3.8, 4) is 0 Å². The zero-order chi connectivity index (χ0) is 7.28. The molecule has 0 N–H and O–H groups in total. The van der Waals surface area contributed by atoms with Crippen molar-refractivity contribution < 1.29 is 9.53 Å². The Kier molecular flexibility index (Phi) is 3.44. The minimum absolute atomic E-state index is 0.340. The number of esters is 1. The van der Waals surface area contributed by atoms with Gasteiger partial charge >= 0.3 is 5.97 Å². The Morgan fingerprint density at radius 2 is 2.22 bits per heavy atom. The summed E-state index contributed by atoms with van der Waals surface area (Å²) in [4.78, 5) is 10.6. The van der Waals surface area contributed by atoms with E-state index in [4.69, 9.17) is 0 Å². The molecule has 0 saturated carbocycles. The summed E-state index contributed by atoms with van der Waals surface area (Å²) >= 11 is 0. The van der Waals surface area contributed by atoms with E-state index in [1.54, 1.807) is 19.9 Å². The normalized spacial score (nSPS) is 10.7. The summed E-state index contributed by atoms with van der Waals surface area (Å²) in [7, 11) is 0. The molecule has 0 atom stereocenters. The van der Waals surface area contributed by atoms with Crippen LogP contribution in [0.4, 0.5) is 0 Å². The molecule has 0 aromatic carbocycles. The van der Waals surface area contributed by atoms with Crippen LogP contribution in [0.15, 0.2) is 24.5 Å². The molecule has 0 aliphatic rings. The summed E-state index contributed by atoms with van der Waals surface area (Å²) in [5, 5.41) is 0. The highest BCUT2D eigenvalue weighted by atomic mass is 16.5. The Morgan fingerprint density at radius 1 is 1.67 bits per heavy atom. The molecule has 0 aliphatic heterocycles. The third kappa shape index (κ3) is 2.69. The third-order valence-corrected chi connectivity index (χ3v) is 0.945. The van der Waals surface area contributed by atoms with Gasteiger partial charge in [0.2, 0.25) is 0 Å². The van der Waals surface area contributed by atoms with Gasteiger partial charge in [-0.05, 0) is 13.8 Å². The highest BCUT2D eigenvalue weighted by Gasteiger charge is 1.99. The highest BCUT2D eigenvalue weighted by molar-refractivity contribution is 5.87. The standard InChI is InChI=1S/C7H10O2/c1-4-6(3)7(8)9-5-2/h4-5H,2H2,1,3H3. The summed E-state index contributed by atoms with van der Waals surface area (Å²) in [5.74, 6) is -0.340. The van der Waals surface area contributed by atoms with Crippen LogP contribution in [0.25, 0.3) is 0 Å². The van der Waals surface area contributed by atoms with Gasteiger partial charge in [-0.2, -0.15) is 0 Å². The molecule has 0 amide bonds. The van der Waals surface area contributed by atoms with Crippen molar-refractivity contribution >= 4 is 5.97 Å². The molecular weight excluding hydrogens is 116 g/mol. The van der Waals surface area contributed by atoms with Crippen molar-refractivity contribution in [3.63, 3.8) is 0 Å². The molecule has 0 fully saturated rings. The predicted molar refractivity (Wildman–Crippen MR) is 35.7 cm³/mol. The molecule has 0 spiro atoms. The lowest BCUT2D eigenvalue weighted by Crippen LogP contribution is -1.99. The zero-order valence-corrected chi connectivity index (χ0v) is 5.68. The molecule has 0 aliphatic carbocycles. The van der Waals surface area contributed by atoms with Gasteiger partial charge in [-0.1, -0.05) is 12.7 Å². The van der Waals surface area contributed by atoms with Gasteiger partial charge in [0.15, 0.2) is 0 Å². The van der Waals surface area contributed by atoms with E-state index in [9.17, 15) is 4.79 Å². The zero-order valence-electron chi connectivity index (χ0n) is 5.68. The van der Waals surface area contributed by atoms with Crippen molar-refractivity contribution in [2.24, 2.45) is 0 Å². The fourth-order valence-corrected chi connectivity index (χ4v) is 0.286. The van der Waals surface area contributed by atoms with Crippen LogP contribution in [0.3, 0.4) is 0 Å². The van der Waals surface area contributed by atoms with Crippen molar-refractivity contribution in [2.45, 2.75) is 13.8 Å². The van der Waals surface area contributed by atoms with Gasteiger partial charge < -0.3 is 4.74 Å². The fourth-order valence-electron chi connectivity index (χ4n) is 0.286. The van der Waals surface area contributed by atoms with E-state index in [0.717, 1.165) is 6.26 Å². The monoisotopic (exact) mass is 126 g/mol. The molecule has 0 aromatic rings. The SMILES string of the molecule is C=COC(=O)C(C)=CC. The summed E-state index contributed by atoms with van der Waals surface area (Å²) in [6.45, 7) is 6.71. The van der Waals surface area contributed by atoms with E-state index in [2.05, 4.69) is 11.3 Å². The Hall–Kier alpha value is -1.05. The summed E-state index contributed by atoms with van der Waals surface area (Å²) in [6.07, 6.45) is 2.81. The van der Waals surface area contributed by atoms with E-state index in [1.165, 1.54) is 0 Å². The Bertz CT molecular complexity index is 145. The molecule has 0 bridgehead atoms. The van der Waals surface area contributed by atoms with Gasteiger partial charge in [-0.3, -0.25) is 0 Å². The summed E-state index contributed by atoms with van der Waals surface area (Å²) < 4.78 is 4.45. The topological polar surface area (TPSA) is 26.3 Å². The first-order valence-electron chi connectivity index (χ1n) is 2.67. The maximum Gasteiger partial charge on any atom is 0.338 e. The van der Waals surface area contributed by atoms with E-state index in [1.807, 2.05) is 0 Å². The third-order valence-electron chi connectivity index (χ3n) is 0.945. The van der Waals surface area contributed by atoms with Crippen LogP contribution in [0.5, 0.6) is 0 Å². The molecule has 0 saturated heterocycles. The van der Waals surface area contributed by atoms with Gasteiger partial charge in [0.05, 0.1) is 6.26 Å². The van der Waals surface area contributed by atoms with Crippen molar-refractivity contribution in [3.05, 3.63) is 24.5 Å². The minimum Gasteiger partial charge on any atom is -0.432 e. The van der Waals surface area contributed by atoms with E-state index >= 15 is 0 Å². The lowest BCUT2D eigenvalue weighted by atomic mass is 10.3. The first-order chi connectivity index (χ1) is 4.22. The number of hydrogen-bond acceptors (Lipinski definition) is 2. The van der Waals surface area contributed by atoms with Gasteiger partial charge in [-0.15, -0.1) is 0 Å². The Morgan fingerprint density at radius 3 is 2.56 bits per heavy atom. The second kappa shape index (κ2) is 3.89. The van der Waals surface area contributed by atoms with Crippen LogP contribution in [0.2, 0.25) is 0 Å². The molecule has 0 heterocycles. The van der Waals surface area contributed by atoms with Crippen molar-refractivity contribution in [1.29, 1.82) is 0 Å². The number of ether oxygens (including phenoxy) is 1.